The molecule has 1 aliphatic heterocycles. The highest BCUT2D eigenvalue weighted by Gasteiger charge is 2.20. The van der Waals surface area contributed by atoms with E-state index in [1.807, 2.05) is 0 Å². The quantitative estimate of drug-likeness (QED) is 0.753. The van der Waals surface area contributed by atoms with Gasteiger partial charge in [-0.3, -0.25) is 0 Å². The van der Waals surface area contributed by atoms with Gasteiger partial charge < -0.3 is 9.64 Å². The van der Waals surface area contributed by atoms with Gasteiger partial charge >= 0.3 is 0 Å². The van der Waals surface area contributed by atoms with Crippen LogP contribution >= 0.6 is 11.6 Å². The molecule has 19 heavy (non-hydrogen) atoms. The molecule has 0 amide bonds. The van der Waals surface area contributed by atoms with Crippen LogP contribution < -0.4 is 4.74 Å². The highest BCUT2D eigenvalue weighted by atomic mass is 35.5. The smallest absolute Gasteiger partial charge is 0.221 e. The van der Waals surface area contributed by atoms with Crippen LogP contribution in [-0.4, -0.2) is 41.1 Å². The predicted octanol–water partition coefficient (Wildman–Crippen LogP) is 2.95. The third-order valence-corrected chi connectivity index (χ3v) is 4.04. The monoisotopic (exact) mass is 283 g/mol. The molecule has 0 bridgehead atoms. The van der Waals surface area contributed by atoms with Gasteiger partial charge in [-0.1, -0.05) is 24.9 Å². The Morgan fingerprint density at radius 3 is 3.00 bits per heavy atom. The maximum Gasteiger partial charge on any atom is 0.221 e. The zero-order valence-electron chi connectivity index (χ0n) is 11.7. The fraction of sp³-hybridized carbons (Fsp3) is 0.714. The third kappa shape index (κ3) is 3.80. The van der Waals surface area contributed by atoms with E-state index in [9.17, 15) is 0 Å². The summed E-state index contributed by atoms with van der Waals surface area (Å²) in [5.74, 6) is 0.655. The number of rotatable bonds is 6. The van der Waals surface area contributed by atoms with Crippen molar-refractivity contribution in [1.82, 2.24) is 14.9 Å². The average Bonchev–Trinajstić information content (AvgIpc) is 2.79. The van der Waals surface area contributed by atoms with Gasteiger partial charge in [0.15, 0.2) is 0 Å². The molecule has 0 N–H and O–H groups in total. The Kier molecular flexibility index (Phi) is 5.40. The second-order valence-corrected chi connectivity index (χ2v) is 5.47. The molecule has 4 nitrogen and oxygen atoms in total. The van der Waals surface area contributed by atoms with E-state index in [1.54, 1.807) is 0 Å². The van der Waals surface area contributed by atoms with E-state index < -0.39 is 0 Å². The first-order chi connectivity index (χ1) is 9.22. The van der Waals surface area contributed by atoms with E-state index in [-0.39, 0.29) is 0 Å². The Balaban J connectivity index is 1.90. The van der Waals surface area contributed by atoms with Crippen LogP contribution in [0.3, 0.4) is 0 Å². The van der Waals surface area contributed by atoms with Crippen molar-refractivity contribution in [2.75, 3.05) is 20.2 Å². The lowest BCUT2D eigenvalue weighted by molar-refractivity contribution is 0.227. The van der Waals surface area contributed by atoms with Crippen LogP contribution in [0.15, 0.2) is 6.33 Å². The van der Waals surface area contributed by atoms with Crippen LogP contribution in [0.4, 0.5) is 0 Å². The fourth-order valence-electron chi connectivity index (χ4n) is 2.60. The Hall–Kier alpha value is -0.870. The van der Waals surface area contributed by atoms with Crippen molar-refractivity contribution in [1.29, 1.82) is 0 Å². The van der Waals surface area contributed by atoms with E-state index in [4.69, 9.17) is 16.3 Å². The molecule has 1 unspecified atom stereocenters. The zero-order chi connectivity index (χ0) is 13.7. The molecule has 1 aromatic heterocycles. The first-order valence-electron chi connectivity index (χ1n) is 7.04. The van der Waals surface area contributed by atoms with Crippen molar-refractivity contribution in [3.8, 4) is 5.88 Å². The van der Waals surface area contributed by atoms with Crippen molar-refractivity contribution >= 4 is 11.6 Å². The average molecular weight is 284 g/mol. The number of ether oxygens (including phenoxy) is 1. The van der Waals surface area contributed by atoms with Gasteiger partial charge in [-0.25, -0.2) is 9.97 Å². The van der Waals surface area contributed by atoms with Gasteiger partial charge in [0, 0.05) is 6.04 Å². The normalized spacial score (nSPS) is 19.8. The molecule has 0 aliphatic carbocycles. The minimum absolute atomic E-state index is 0.518. The maximum atomic E-state index is 6.10. The van der Waals surface area contributed by atoms with Crippen LogP contribution in [0.1, 0.15) is 38.2 Å². The number of hydrogen-bond donors (Lipinski definition) is 0. The zero-order valence-corrected chi connectivity index (χ0v) is 12.5. The first kappa shape index (κ1) is 14.5. The number of aromatic nitrogens is 2. The summed E-state index contributed by atoms with van der Waals surface area (Å²) in [6.45, 7) is 4.00. The highest BCUT2D eigenvalue weighted by Crippen LogP contribution is 2.24. The molecule has 0 saturated carbocycles. The second kappa shape index (κ2) is 7.06. The lowest BCUT2D eigenvalue weighted by Crippen LogP contribution is -2.26. The summed E-state index contributed by atoms with van der Waals surface area (Å²) in [5.41, 5.74) is 0.937. The Bertz CT molecular complexity index is 414. The molecular weight excluding hydrogens is 262 g/mol. The maximum absolute atomic E-state index is 6.10. The van der Waals surface area contributed by atoms with Crippen molar-refractivity contribution in [3.05, 3.63) is 17.0 Å². The Labute approximate surface area is 120 Å². The molecule has 0 radical (unpaired) electrons. The fourth-order valence-corrected chi connectivity index (χ4v) is 2.82. The van der Waals surface area contributed by atoms with Crippen LogP contribution in [0.25, 0.3) is 0 Å². The molecule has 2 rings (SSSR count). The van der Waals surface area contributed by atoms with Gasteiger partial charge in [0.25, 0.3) is 0 Å². The summed E-state index contributed by atoms with van der Waals surface area (Å²) < 4.78 is 5.82. The van der Waals surface area contributed by atoms with Crippen LogP contribution in [0, 0.1) is 0 Å². The molecule has 1 atom stereocenters. The molecule has 5 heteroatoms. The van der Waals surface area contributed by atoms with Gasteiger partial charge in [0.05, 0.1) is 12.2 Å². The number of likely N-dealkylation sites (tertiary alicyclic amines) is 1. The largest absolute Gasteiger partial charge is 0.477 e. The molecule has 0 spiro atoms. The molecule has 106 valence electrons. The summed E-state index contributed by atoms with van der Waals surface area (Å²) >= 11 is 6.10. The molecule has 0 aromatic carbocycles. The summed E-state index contributed by atoms with van der Waals surface area (Å²) in [7, 11) is 2.18. The number of hydrogen-bond acceptors (Lipinski definition) is 4. The van der Waals surface area contributed by atoms with Crippen molar-refractivity contribution < 1.29 is 4.74 Å². The van der Waals surface area contributed by atoms with Crippen molar-refractivity contribution in [2.45, 2.75) is 45.1 Å². The standard InChI is InChI=1S/C14H22ClN3O/c1-3-5-12-13(15)16-10-17-14(12)19-9-7-11-6-4-8-18(11)2/h10-11H,3-9H2,1-2H3. The lowest BCUT2D eigenvalue weighted by atomic mass is 10.1. The molecule has 1 saturated heterocycles. The van der Waals surface area contributed by atoms with Gasteiger partial charge in [0.1, 0.15) is 11.5 Å². The molecular formula is C14H22ClN3O. The predicted molar refractivity (Wildman–Crippen MR) is 76.8 cm³/mol. The second-order valence-electron chi connectivity index (χ2n) is 5.11. The first-order valence-corrected chi connectivity index (χ1v) is 7.42. The molecule has 2 heterocycles. The van der Waals surface area contributed by atoms with Crippen LogP contribution in [0.5, 0.6) is 5.88 Å². The van der Waals surface area contributed by atoms with Gasteiger partial charge in [0.2, 0.25) is 5.88 Å². The Morgan fingerprint density at radius 1 is 1.47 bits per heavy atom. The Morgan fingerprint density at radius 2 is 2.32 bits per heavy atom. The van der Waals surface area contributed by atoms with Crippen LogP contribution in [-0.2, 0) is 6.42 Å². The minimum Gasteiger partial charge on any atom is -0.477 e. The van der Waals surface area contributed by atoms with Gasteiger partial charge in [-0.15, -0.1) is 0 Å². The third-order valence-electron chi connectivity index (χ3n) is 3.71. The molecule has 1 aliphatic rings. The van der Waals surface area contributed by atoms with E-state index in [1.165, 1.54) is 25.7 Å². The van der Waals surface area contributed by atoms with Crippen molar-refractivity contribution in [3.63, 3.8) is 0 Å². The van der Waals surface area contributed by atoms with Crippen molar-refractivity contribution in [2.24, 2.45) is 0 Å². The summed E-state index contributed by atoms with van der Waals surface area (Å²) in [4.78, 5) is 10.6. The van der Waals surface area contributed by atoms with E-state index in [2.05, 4.69) is 28.8 Å². The molecule has 1 aromatic rings. The van der Waals surface area contributed by atoms with E-state index in [0.29, 0.717) is 23.7 Å². The van der Waals surface area contributed by atoms with E-state index >= 15 is 0 Å². The van der Waals surface area contributed by atoms with E-state index in [0.717, 1.165) is 24.8 Å². The number of nitrogens with zero attached hydrogens (tertiary/aromatic N) is 3. The summed E-state index contributed by atoms with van der Waals surface area (Å²) in [5, 5.41) is 0.518. The lowest BCUT2D eigenvalue weighted by Gasteiger charge is -2.19. The number of halogens is 1. The molecule has 1 fully saturated rings. The topological polar surface area (TPSA) is 38.3 Å². The van der Waals surface area contributed by atoms with Gasteiger partial charge in [-0.05, 0) is 39.3 Å². The SMILES string of the molecule is CCCc1c(Cl)ncnc1OCCC1CCCN1C. The van der Waals surface area contributed by atoms with Gasteiger partial charge in [-0.2, -0.15) is 0 Å². The highest BCUT2D eigenvalue weighted by molar-refractivity contribution is 6.30. The summed E-state index contributed by atoms with van der Waals surface area (Å²) in [6.07, 6.45) is 6.95. The van der Waals surface area contributed by atoms with Crippen LogP contribution in [0.2, 0.25) is 5.15 Å². The summed E-state index contributed by atoms with van der Waals surface area (Å²) in [6, 6.07) is 0.645. The minimum atomic E-state index is 0.518.